The summed E-state index contributed by atoms with van der Waals surface area (Å²) >= 11 is 0. The van der Waals surface area contributed by atoms with Crippen LogP contribution in [-0.4, -0.2) is 30.0 Å². The van der Waals surface area contributed by atoms with Crippen LogP contribution in [0.3, 0.4) is 0 Å². The summed E-state index contributed by atoms with van der Waals surface area (Å²) in [6.07, 6.45) is -0.579. The number of nitrogens with zero attached hydrogens (tertiary/aromatic N) is 1. The van der Waals surface area contributed by atoms with Crippen LogP contribution in [0.15, 0.2) is 97.1 Å². The average molecular weight is 430 g/mol. The number of hydrogen-bond acceptors (Lipinski definition) is 3. The number of methoxy groups -OCH3 is 1. The van der Waals surface area contributed by atoms with E-state index in [9.17, 15) is 5.11 Å². The molecule has 0 aromatic heterocycles. The molecule has 0 aliphatic rings. The normalized spacial score (nSPS) is 14.4. The molecular weight excluding hydrogens is 401 g/mol. The molecule has 4 heteroatoms. The zero-order chi connectivity index (χ0) is 21.8. The van der Waals surface area contributed by atoms with Gasteiger partial charge in [-0.05, 0) is 59.9 Å². The van der Waals surface area contributed by atoms with E-state index in [-0.39, 0.29) is 6.04 Å². The molecule has 3 nitrogen and oxygen atoms in total. The Balaban J connectivity index is 1.79. The third-order valence-corrected chi connectivity index (χ3v) is 8.44. The van der Waals surface area contributed by atoms with Crippen LogP contribution >= 0.6 is 8.07 Å². The Kier molecular flexibility index (Phi) is 6.67. The number of likely N-dealkylation sites (N-methyl/N-ethyl adjacent to an activating group) is 1. The zero-order valence-corrected chi connectivity index (χ0v) is 19.0. The van der Waals surface area contributed by atoms with Crippen LogP contribution in [0, 0.1) is 0 Å². The Morgan fingerprint density at radius 1 is 0.806 bits per heavy atom. The van der Waals surface area contributed by atoms with E-state index < -0.39 is 14.2 Å². The van der Waals surface area contributed by atoms with Gasteiger partial charge in [0.2, 0.25) is 0 Å². The van der Waals surface area contributed by atoms with Crippen LogP contribution in [0.5, 0.6) is 5.75 Å². The molecule has 0 aliphatic heterocycles. The van der Waals surface area contributed by atoms with Crippen molar-refractivity contribution in [3.05, 3.63) is 103 Å². The van der Waals surface area contributed by atoms with Crippen molar-refractivity contribution in [3.63, 3.8) is 0 Å². The van der Waals surface area contributed by atoms with E-state index in [0.29, 0.717) is 0 Å². The lowest BCUT2D eigenvalue weighted by molar-refractivity contribution is 0.111. The summed E-state index contributed by atoms with van der Waals surface area (Å²) in [4.78, 5) is 0. The van der Waals surface area contributed by atoms with Gasteiger partial charge in [0.1, 0.15) is 5.75 Å². The third-order valence-electron chi connectivity index (χ3n) is 5.81. The van der Waals surface area contributed by atoms with E-state index in [1.165, 1.54) is 21.4 Å². The van der Waals surface area contributed by atoms with Gasteiger partial charge in [-0.1, -0.05) is 72.8 Å². The molecule has 4 rings (SSSR count). The van der Waals surface area contributed by atoms with Crippen LogP contribution < -0.4 is 15.3 Å². The van der Waals surface area contributed by atoms with Crippen LogP contribution in [0.25, 0.3) is 10.8 Å². The van der Waals surface area contributed by atoms with Crippen molar-refractivity contribution in [2.45, 2.75) is 19.1 Å². The fourth-order valence-electron chi connectivity index (χ4n) is 3.92. The lowest BCUT2D eigenvalue weighted by Crippen LogP contribution is -2.36. The van der Waals surface area contributed by atoms with Crippen LogP contribution in [0.1, 0.15) is 18.6 Å². The second kappa shape index (κ2) is 9.62. The van der Waals surface area contributed by atoms with Gasteiger partial charge in [0.15, 0.2) is 0 Å². The monoisotopic (exact) mass is 429 g/mol. The summed E-state index contributed by atoms with van der Waals surface area (Å²) in [6.45, 7) is 2.10. The minimum Gasteiger partial charge on any atom is -0.497 e. The van der Waals surface area contributed by atoms with Gasteiger partial charge >= 0.3 is 0 Å². The first kappa shape index (κ1) is 21.5. The lowest BCUT2D eigenvalue weighted by Gasteiger charge is -2.36. The van der Waals surface area contributed by atoms with Gasteiger partial charge in [0.05, 0.1) is 13.2 Å². The van der Waals surface area contributed by atoms with Gasteiger partial charge in [0, 0.05) is 19.4 Å². The number of aliphatic hydroxyl groups excluding tert-OH is 1. The minimum absolute atomic E-state index is 0.0745. The Morgan fingerprint density at radius 2 is 1.45 bits per heavy atom. The second-order valence-electron chi connectivity index (χ2n) is 7.68. The SMILES string of the molecule is COc1ccc(P(c2cccc3ccccc23)N(C)[C@@H](C)[C@H](O)c2ccccc2)cc1. The zero-order valence-electron chi connectivity index (χ0n) is 18.1. The average Bonchev–Trinajstić information content (AvgIpc) is 2.84. The summed E-state index contributed by atoms with van der Waals surface area (Å²) in [5.41, 5.74) is 0.935. The molecule has 0 spiro atoms. The smallest absolute Gasteiger partial charge is 0.118 e. The fraction of sp³-hybridized carbons (Fsp3) is 0.185. The predicted molar refractivity (Wildman–Crippen MR) is 132 cm³/mol. The molecule has 0 fully saturated rings. The van der Waals surface area contributed by atoms with Gasteiger partial charge in [-0.25, -0.2) is 0 Å². The molecule has 3 atom stereocenters. The third kappa shape index (κ3) is 4.50. The molecular formula is C27H28NO2P. The first-order valence-electron chi connectivity index (χ1n) is 10.5. The largest absolute Gasteiger partial charge is 0.497 e. The van der Waals surface area contributed by atoms with E-state index in [2.05, 4.69) is 73.2 Å². The lowest BCUT2D eigenvalue weighted by atomic mass is 10.0. The summed E-state index contributed by atoms with van der Waals surface area (Å²) in [6, 6.07) is 33.2. The van der Waals surface area contributed by atoms with E-state index in [1.807, 2.05) is 42.5 Å². The van der Waals surface area contributed by atoms with Crippen molar-refractivity contribution in [1.82, 2.24) is 4.67 Å². The number of rotatable bonds is 7. The molecule has 0 amide bonds. The van der Waals surface area contributed by atoms with Crippen LogP contribution in [0.4, 0.5) is 0 Å². The van der Waals surface area contributed by atoms with Crippen molar-refractivity contribution in [3.8, 4) is 5.75 Å². The Morgan fingerprint density at radius 3 is 2.16 bits per heavy atom. The van der Waals surface area contributed by atoms with E-state index in [1.54, 1.807) is 7.11 Å². The van der Waals surface area contributed by atoms with Gasteiger partial charge < -0.3 is 9.84 Å². The number of fused-ring (bicyclic) bond motifs is 1. The quantitative estimate of drug-likeness (QED) is 0.407. The van der Waals surface area contributed by atoms with Crippen molar-refractivity contribution >= 4 is 29.5 Å². The van der Waals surface area contributed by atoms with Crippen molar-refractivity contribution in [1.29, 1.82) is 0 Å². The van der Waals surface area contributed by atoms with Gasteiger partial charge in [-0.15, -0.1) is 0 Å². The highest BCUT2D eigenvalue weighted by Gasteiger charge is 2.29. The first-order valence-corrected chi connectivity index (χ1v) is 11.8. The Labute approximate surface area is 185 Å². The topological polar surface area (TPSA) is 32.7 Å². The van der Waals surface area contributed by atoms with Crippen LogP contribution in [-0.2, 0) is 0 Å². The molecule has 0 aliphatic carbocycles. The van der Waals surface area contributed by atoms with Crippen LogP contribution in [0.2, 0.25) is 0 Å². The second-order valence-corrected chi connectivity index (χ2v) is 9.93. The highest BCUT2D eigenvalue weighted by molar-refractivity contribution is 7.71. The molecule has 31 heavy (non-hydrogen) atoms. The van der Waals surface area contributed by atoms with Crippen molar-refractivity contribution < 1.29 is 9.84 Å². The standard InChI is InChI=1S/C27H28NO2P/c1-20(27(29)22-11-5-4-6-12-22)28(2)31(24-18-16-23(30-3)17-19-24)26-15-9-13-21-10-7-8-14-25(21)26/h4-20,27,29H,1-3H3/t20-,27-,31?/m0/s1. The molecule has 0 bridgehead atoms. The molecule has 4 aromatic carbocycles. The predicted octanol–water partition coefficient (Wildman–Crippen LogP) is 5.25. The number of aliphatic hydroxyl groups is 1. The molecule has 0 heterocycles. The number of hydrogen-bond donors (Lipinski definition) is 1. The summed E-state index contributed by atoms with van der Waals surface area (Å²) in [7, 11) is 2.93. The van der Waals surface area contributed by atoms with E-state index in [4.69, 9.17) is 4.74 Å². The fourth-order valence-corrected chi connectivity index (χ4v) is 6.49. The number of benzene rings is 4. The number of ether oxygens (including phenoxy) is 1. The molecule has 0 saturated heterocycles. The first-order chi connectivity index (χ1) is 15.1. The Bertz CT molecular complexity index is 1130. The maximum Gasteiger partial charge on any atom is 0.118 e. The van der Waals surface area contributed by atoms with Gasteiger partial charge in [-0.2, -0.15) is 0 Å². The van der Waals surface area contributed by atoms with Gasteiger partial charge in [0.25, 0.3) is 0 Å². The van der Waals surface area contributed by atoms with Crippen molar-refractivity contribution in [2.24, 2.45) is 0 Å². The highest BCUT2D eigenvalue weighted by atomic mass is 31.1. The highest BCUT2D eigenvalue weighted by Crippen LogP contribution is 2.43. The molecule has 1 N–H and O–H groups in total. The van der Waals surface area contributed by atoms with Crippen molar-refractivity contribution in [2.75, 3.05) is 14.2 Å². The molecule has 1 unspecified atom stereocenters. The summed E-state index contributed by atoms with van der Waals surface area (Å²) in [5.74, 6) is 0.844. The van der Waals surface area contributed by atoms with Gasteiger partial charge in [-0.3, -0.25) is 4.67 Å². The Hall–Kier alpha value is -2.71. The van der Waals surface area contributed by atoms with E-state index >= 15 is 0 Å². The molecule has 0 saturated carbocycles. The maximum atomic E-state index is 11.1. The maximum absolute atomic E-state index is 11.1. The minimum atomic E-state index is -0.874. The molecule has 158 valence electrons. The molecule has 0 radical (unpaired) electrons. The van der Waals surface area contributed by atoms with E-state index in [0.717, 1.165) is 11.3 Å². The summed E-state index contributed by atoms with van der Waals surface area (Å²) in [5, 5.41) is 16.1. The summed E-state index contributed by atoms with van der Waals surface area (Å²) < 4.78 is 7.71. The molecule has 4 aromatic rings.